The molecule has 0 saturated carbocycles. The van der Waals surface area contributed by atoms with E-state index in [-0.39, 0.29) is 18.5 Å². The van der Waals surface area contributed by atoms with Crippen LogP contribution >= 0.6 is 0 Å². The molecule has 0 bridgehead atoms. The van der Waals surface area contributed by atoms with Gasteiger partial charge in [0.15, 0.2) is 5.82 Å². The number of anilines is 1. The van der Waals surface area contributed by atoms with Crippen molar-refractivity contribution in [2.24, 2.45) is 5.73 Å². The number of carbonyl (C=O) groups is 2. The molecule has 9 nitrogen and oxygen atoms in total. The number of urea groups is 1. The van der Waals surface area contributed by atoms with Crippen molar-refractivity contribution in [3.05, 3.63) is 41.7 Å². The van der Waals surface area contributed by atoms with Crippen molar-refractivity contribution in [2.75, 3.05) is 26.0 Å². The van der Waals surface area contributed by atoms with Gasteiger partial charge >= 0.3 is 6.03 Å². The zero-order valence-electron chi connectivity index (χ0n) is 15.6. The summed E-state index contributed by atoms with van der Waals surface area (Å²) in [5.41, 5.74) is 8.53. The Kier molecular flexibility index (Phi) is 5.22. The molecule has 2 aromatic heterocycles. The zero-order chi connectivity index (χ0) is 19.6. The third-order valence-electron chi connectivity index (χ3n) is 4.34. The van der Waals surface area contributed by atoms with Gasteiger partial charge in [0.25, 0.3) is 5.91 Å². The number of fused-ring (bicyclic) bond motifs is 1. The van der Waals surface area contributed by atoms with Gasteiger partial charge in [-0.2, -0.15) is 9.90 Å². The molecule has 9 heteroatoms. The summed E-state index contributed by atoms with van der Waals surface area (Å²) in [5.74, 6) is 0.132. The third-order valence-corrected chi connectivity index (χ3v) is 4.34. The number of hydrogen-bond acceptors (Lipinski definition) is 5. The molecule has 0 saturated heterocycles. The van der Waals surface area contributed by atoms with Gasteiger partial charge in [-0.25, -0.2) is 4.79 Å². The second-order valence-electron chi connectivity index (χ2n) is 6.43. The van der Waals surface area contributed by atoms with Gasteiger partial charge in [-0.05, 0) is 31.5 Å². The highest BCUT2D eigenvalue weighted by atomic mass is 16.2. The van der Waals surface area contributed by atoms with E-state index in [9.17, 15) is 9.59 Å². The highest BCUT2D eigenvalue weighted by Crippen LogP contribution is 2.26. The molecule has 2 heterocycles. The molecule has 0 spiro atoms. The molecule has 3 N–H and O–H groups in total. The van der Waals surface area contributed by atoms with Crippen molar-refractivity contribution < 1.29 is 9.59 Å². The summed E-state index contributed by atoms with van der Waals surface area (Å²) in [6.07, 6.45) is 2.11. The number of nitrogens with two attached hydrogens (primary N) is 1. The lowest BCUT2D eigenvalue weighted by Gasteiger charge is -2.09. The van der Waals surface area contributed by atoms with E-state index in [4.69, 9.17) is 5.73 Å². The molecule has 0 aliphatic carbocycles. The second kappa shape index (κ2) is 7.58. The molecule has 0 radical (unpaired) electrons. The number of aromatic nitrogens is 4. The van der Waals surface area contributed by atoms with Gasteiger partial charge in [0, 0.05) is 25.2 Å². The SMILES string of the molecule is Cc1c(CCN)c2ccccc2n1C(=O)Cn1ncc(NC(=O)N(C)C)n1. The molecular weight excluding hydrogens is 346 g/mol. The Balaban J connectivity index is 1.86. The van der Waals surface area contributed by atoms with Crippen molar-refractivity contribution in [1.82, 2.24) is 24.5 Å². The molecule has 0 fully saturated rings. The lowest BCUT2D eigenvalue weighted by Crippen LogP contribution is -2.27. The van der Waals surface area contributed by atoms with Crippen molar-refractivity contribution in [3.8, 4) is 0 Å². The molecule has 0 atom stereocenters. The molecule has 0 aliphatic rings. The highest BCUT2D eigenvalue weighted by Gasteiger charge is 2.19. The van der Waals surface area contributed by atoms with E-state index in [1.807, 2.05) is 31.2 Å². The Morgan fingerprint density at radius 3 is 2.70 bits per heavy atom. The standard InChI is InChI=1S/C18H23N7O2/c1-12-13(8-9-19)14-6-4-5-7-15(14)25(12)17(26)11-24-20-10-16(22-24)21-18(27)23(2)3/h4-7,10H,8-9,11,19H2,1-3H3,(H,21,22,27). The van der Waals surface area contributed by atoms with Crippen LogP contribution in [-0.2, 0) is 13.0 Å². The number of benzene rings is 1. The Morgan fingerprint density at radius 2 is 2.00 bits per heavy atom. The Labute approximate surface area is 156 Å². The van der Waals surface area contributed by atoms with E-state index in [1.54, 1.807) is 18.7 Å². The van der Waals surface area contributed by atoms with Gasteiger partial charge < -0.3 is 10.6 Å². The average Bonchev–Trinajstić information content (AvgIpc) is 3.17. The summed E-state index contributed by atoms with van der Waals surface area (Å²) < 4.78 is 1.68. The Morgan fingerprint density at radius 1 is 1.26 bits per heavy atom. The summed E-state index contributed by atoms with van der Waals surface area (Å²) in [6, 6.07) is 7.45. The highest BCUT2D eigenvalue weighted by molar-refractivity contribution is 5.96. The molecule has 1 aromatic carbocycles. The van der Waals surface area contributed by atoms with Gasteiger partial charge in [0.1, 0.15) is 6.54 Å². The molecular formula is C18H23N7O2. The molecule has 3 rings (SSSR count). The van der Waals surface area contributed by atoms with Crippen LogP contribution in [-0.4, -0.2) is 57.0 Å². The van der Waals surface area contributed by atoms with Crippen LogP contribution in [0.2, 0.25) is 0 Å². The number of nitrogens with one attached hydrogen (secondary N) is 1. The summed E-state index contributed by atoms with van der Waals surface area (Å²) in [6.45, 7) is 2.39. The van der Waals surface area contributed by atoms with Gasteiger partial charge in [-0.3, -0.25) is 14.7 Å². The fraction of sp³-hybridized carbons (Fsp3) is 0.333. The smallest absolute Gasteiger partial charge is 0.322 e. The van der Waals surface area contributed by atoms with E-state index in [0.717, 1.165) is 22.2 Å². The Bertz CT molecular complexity index is 987. The monoisotopic (exact) mass is 369 g/mol. The molecule has 3 aromatic rings. The summed E-state index contributed by atoms with van der Waals surface area (Å²) >= 11 is 0. The second-order valence-corrected chi connectivity index (χ2v) is 6.43. The average molecular weight is 369 g/mol. The number of para-hydroxylation sites is 1. The van der Waals surface area contributed by atoms with Crippen molar-refractivity contribution >= 4 is 28.7 Å². The minimum absolute atomic E-state index is 0.0422. The predicted octanol–water partition coefficient (Wildman–Crippen LogP) is 1.48. The molecule has 0 unspecified atom stereocenters. The van der Waals surface area contributed by atoms with Crippen LogP contribution in [0, 0.1) is 6.92 Å². The molecule has 0 aliphatic heterocycles. The van der Waals surface area contributed by atoms with E-state index in [2.05, 4.69) is 15.5 Å². The topological polar surface area (TPSA) is 111 Å². The third kappa shape index (κ3) is 3.68. The van der Waals surface area contributed by atoms with Crippen LogP contribution in [0.4, 0.5) is 10.6 Å². The van der Waals surface area contributed by atoms with Gasteiger partial charge in [0.05, 0.1) is 11.7 Å². The van der Waals surface area contributed by atoms with Gasteiger partial charge in [-0.15, -0.1) is 5.10 Å². The maximum atomic E-state index is 12.9. The number of rotatable bonds is 5. The largest absolute Gasteiger partial charge is 0.331 e. The van der Waals surface area contributed by atoms with E-state index >= 15 is 0 Å². The normalized spacial score (nSPS) is 11.0. The van der Waals surface area contributed by atoms with E-state index in [0.29, 0.717) is 18.8 Å². The minimum Gasteiger partial charge on any atom is -0.331 e. The number of carbonyl (C=O) groups excluding carboxylic acids is 2. The first-order valence-electron chi connectivity index (χ1n) is 8.63. The van der Waals surface area contributed by atoms with Gasteiger partial charge in [0.2, 0.25) is 0 Å². The van der Waals surface area contributed by atoms with Crippen LogP contribution in [0.25, 0.3) is 10.9 Å². The van der Waals surface area contributed by atoms with Crippen molar-refractivity contribution in [2.45, 2.75) is 19.9 Å². The summed E-state index contributed by atoms with van der Waals surface area (Å²) in [4.78, 5) is 27.3. The minimum atomic E-state index is -0.313. The van der Waals surface area contributed by atoms with Crippen molar-refractivity contribution in [3.63, 3.8) is 0 Å². The maximum absolute atomic E-state index is 12.9. The van der Waals surface area contributed by atoms with Crippen LogP contribution in [0.1, 0.15) is 16.1 Å². The number of nitrogens with zero attached hydrogens (tertiary/aromatic N) is 5. The maximum Gasteiger partial charge on any atom is 0.322 e. The molecule has 142 valence electrons. The molecule has 2 amide bonds. The predicted molar refractivity (Wildman–Crippen MR) is 103 cm³/mol. The van der Waals surface area contributed by atoms with Crippen LogP contribution in [0.3, 0.4) is 0 Å². The fourth-order valence-electron chi connectivity index (χ4n) is 3.06. The molecule has 27 heavy (non-hydrogen) atoms. The quantitative estimate of drug-likeness (QED) is 0.707. The van der Waals surface area contributed by atoms with Gasteiger partial charge in [-0.1, -0.05) is 18.2 Å². The fourth-order valence-corrected chi connectivity index (χ4v) is 3.06. The first-order valence-corrected chi connectivity index (χ1v) is 8.63. The Hall–Kier alpha value is -3.20. The van der Waals surface area contributed by atoms with Crippen LogP contribution in [0.5, 0.6) is 0 Å². The lowest BCUT2D eigenvalue weighted by molar-refractivity contribution is 0.0884. The first-order chi connectivity index (χ1) is 12.9. The summed E-state index contributed by atoms with van der Waals surface area (Å²) in [7, 11) is 3.25. The zero-order valence-corrected chi connectivity index (χ0v) is 15.6. The number of hydrogen-bond donors (Lipinski definition) is 2. The van der Waals surface area contributed by atoms with Crippen molar-refractivity contribution in [1.29, 1.82) is 0 Å². The summed E-state index contributed by atoms with van der Waals surface area (Å²) in [5, 5.41) is 11.8. The van der Waals surface area contributed by atoms with Crippen LogP contribution < -0.4 is 11.1 Å². The van der Waals surface area contributed by atoms with Crippen LogP contribution in [0.15, 0.2) is 30.5 Å². The number of amides is 2. The van der Waals surface area contributed by atoms with E-state index < -0.39 is 0 Å². The lowest BCUT2D eigenvalue weighted by atomic mass is 10.1. The first kappa shape index (κ1) is 18.6. The van der Waals surface area contributed by atoms with E-state index in [1.165, 1.54) is 15.9 Å².